The highest BCUT2D eigenvalue weighted by molar-refractivity contribution is 9.11. The van der Waals surface area contributed by atoms with Crippen molar-refractivity contribution in [3.05, 3.63) is 54.0 Å². The summed E-state index contributed by atoms with van der Waals surface area (Å²) in [6.07, 6.45) is 1.83. The van der Waals surface area contributed by atoms with Gasteiger partial charge in [0.25, 0.3) is 0 Å². The Labute approximate surface area is 76.4 Å². The Morgan fingerprint density at radius 3 is 1.82 bits per heavy atom. The molecule has 0 heterocycles. The Kier molecular flexibility index (Phi) is 6.75. The van der Waals surface area contributed by atoms with Crippen LogP contribution in [0.15, 0.2) is 48.5 Å². The summed E-state index contributed by atoms with van der Waals surface area (Å²) in [5, 5.41) is 0. The predicted molar refractivity (Wildman–Crippen MR) is 55.7 cm³/mol. The van der Waals surface area contributed by atoms with E-state index in [2.05, 4.69) is 29.1 Å². The van der Waals surface area contributed by atoms with Crippen molar-refractivity contribution >= 4 is 22.0 Å². The third kappa shape index (κ3) is 5.62. The summed E-state index contributed by atoms with van der Waals surface area (Å²) in [4.78, 5) is 1.56. The Morgan fingerprint density at radius 2 is 1.55 bits per heavy atom. The number of rotatable bonds is 1. The van der Waals surface area contributed by atoms with E-state index in [4.69, 9.17) is 0 Å². The summed E-state index contributed by atoms with van der Waals surface area (Å²) in [6, 6.07) is 10.0. The average molecular weight is 211 g/mol. The molecule has 1 rings (SSSR count). The highest BCUT2D eigenvalue weighted by atomic mass is 79.9. The van der Waals surface area contributed by atoms with Gasteiger partial charge in [0.1, 0.15) is 0 Å². The van der Waals surface area contributed by atoms with Crippen LogP contribution in [0.3, 0.4) is 0 Å². The lowest BCUT2D eigenvalue weighted by molar-refractivity contribution is 1.67. The van der Waals surface area contributed by atoms with Crippen molar-refractivity contribution in [3.63, 3.8) is 0 Å². The lowest BCUT2D eigenvalue weighted by Crippen LogP contribution is -1.63. The fourth-order valence-electron chi connectivity index (χ4n) is 0.589. The van der Waals surface area contributed by atoms with Crippen molar-refractivity contribution in [2.24, 2.45) is 0 Å². The molecule has 0 aliphatic carbocycles. The van der Waals surface area contributed by atoms with Crippen LogP contribution in [0, 0.1) is 0 Å². The van der Waals surface area contributed by atoms with Gasteiger partial charge in [-0.25, -0.2) is 0 Å². The van der Waals surface area contributed by atoms with E-state index in [0.717, 1.165) is 0 Å². The van der Waals surface area contributed by atoms with Gasteiger partial charge in [-0.1, -0.05) is 65.5 Å². The molecule has 1 heteroatoms. The minimum Gasteiger partial charge on any atom is -0.0985 e. The molecule has 1 aromatic rings. The standard InChI is InChI=1S/C8H8.C2H3Br/c1-2-8-6-4-3-5-7-8;1-2-3/h2-7H,1H2;2H,1H2. The average Bonchev–Trinajstić information content (AvgIpc) is 2.08. The SMILES string of the molecule is C=CBr.C=Cc1ccccc1. The van der Waals surface area contributed by atoms with Gasteiger partial charge in [-0.3, -0.25) is 0 Å². The molecular weight excluding hydrogens is 200 g/mol. The molecule has 58 valence electrons. The second-order valence-electron chi connectivity index (χ2n) is 1.77. The smallest absolute Gasteiger partial charge is 0.0261 e. The lowest BCUT2D eigenvalue weighted by Gasteiger charge is -1.85. The molecule has 0 amide bonds. The highest BCUT2D eigenvalue weighted by Gasteiger charge is 1.75. The summed E-state index contributed by atoms with van der Waals surface area (Å²) in [6.45, 7) is 6.91. The minimum atomic E-state index is 1.17. The molecule has 0 aromatic heterocycles. The quantitative estimate of drug-likeness (QED) is 0.661. The predicted octanol–water partition coefficient (Wildman–Crippen LogP) is 3.85. The number of benzene rings is 1. The fraction of sp³-hybridized carbons (Fsp3) is 0. The molecule has 0 aliphatic heterocycles. The van der Waals surface area contributed by atoms with Gasteiger partial charge in [0.15, 0.2) is 0 Å². The first-order chi connectivity index (χ1) is 5.35. The molecule has 0 saturated heterocycles. The van der Waals surface area contributed by atoms with Gasteiger partial charge in [0, 0.05) is 0 Å². The summed E-state index contributed by atoms with van der Waals surface area (Å²) in [5.41, 5.74) is 1.17. The maximum atomic E-state index is 3.63. The molecular formula is C10H11Br. The largest absolute Gasteiger partial charge is 0.0985 e. The molecule has 0 nitrogen and oxygen atoms in total. The van der Waals surface area contributed by atoms with Gasteiger partial charge in [-0.2, -0.15) is 0 Å². The van der Waals surface area contributed by atoms with Crippen LogP contribution in [-0.4, -0.2) is 0 Å². The second kappa shape index (κ2) is 7.29. The molecule has 0 bridgehead atoms. The first-order valence-electron chi connectivity index (χ1n) is 3.23. The molecule has 0 spiro atoms. The molecule has 0 saturated carbocycles. The molecule has 0 aliphatic rings. The normalized spacial score (nSPS) is 7.36. The molecule has 0 fully saturated rings. The number of hydrogen-bond acceptors (Lipinski definition) is 0. The first kappa shape index (κ1) is 10.2. The number of hydrogen-bond donors (Lipinski definition) is 0. The van der Waals surface area contributed by atoms with Crippen LogP contribution < -0.4 is 0 Å². The van der Waals surface area contributed by atoms with E-state index in [-0.39, 0.29) is 0 Å². The molecule has 11 heavy (non-hydrogen) atoms. The molecule has 0 N–H and O–H groups in total. The van der Waals surface area contributed by atoms with Crippen molar-refractivity contribution in [1.82, 2.24) is 0 Å². The van der Waals surface area contributed by atoms with Crippen LogP contribution in [0.2, 0.25) is 0 Å². The number of halogens is 1. The van der Waals surface area contributed by atoms with Gasteiger partial charge in [-0.15, -0.1) is 0 Å². The van der Waals surface area contributed by atoms with Gasteiger partial charge < -0.3 is 0 Å². The molecule has 0 atom stereocenters. The van der Waals surface area contributed by atoms with E-state index in [9.17, 15) is 0 Å². The van der Waals surface area contributed by atoms with Crippen LogP contribution in [0.4, 0.5) is 0 Å². The maximum Gasteiger partial charge on any atom is -0.0261 e. The molecule has 1 aromatic carbocycles. The van der Waals surface area contributed by atoms with Crippen LogP contribution in [-0.2, 0) is 0 Å². The van der Waals surface area contributed by atoms with E-state index >= 15 is 0 Å². The lowest BCUT2D eigenvalue weighted by atomic mass is 10.2. The van der Waals surface area contributed by atoms with Gasteiger partial charge in [0.05, 0.1) is 0 Å². The summed E-state index contributed by atoms with van der Waals surface area (Å²) in [7, 11) is 0. The minimum absolute atomic E-state index is 1.17. The second-order valence-corrected chi connectivity index (χ2v) is 2.42. The highest BCUT2D eigenvalue weighted by Crippen LogP contribution is 1.97. The van der Waals surface area contributed by atoms with E-state index in [0.29, 0.717) is 0 Å². The molecule has 0 radical (unpaired) electrons. The topological polar surface area (TPSA) is 0 Å². The van der Waals surface area contributed by atoms with E-state index in [1.807, 2.05) is 36.4 Å². The van der Waals surface area contributed by atoms with Crippen molar-refractivity contribution in [2.75, 3.05) is 0 Å². The Balaban J connectivity index is 0.000000292. The van der Waals surface area contributed by atoms with Crippen LogP contribution in [0.1, 0.15) is 5.56 Å². The van der Waals surface area contributed by atoms with Crippen LogP contribution in [0.5, 0.6) is 0 Å². The molecule has 0 unspecified atom stereocenters. The Bertz CT molecular complexity index is 201. The summed E-state index contributed by atoms with van der Waals surface area (Å²) < 4.78 is 0. The zero-order chi connectivity index (χ0) is 8.53. The van der Waals surface area contributed by atoms with E-state index < -0.39 is 0 Å². The van der Waals surface area contributed by atoms with Crippen LogP contribution in [0.25, 0.3) is 6.08 Å². The zero-order valence-corrected chi connectivity index (χ0v) is 7.92. The van der Waals surface area contributed by atoms with Crippen molar-refractivity contribution in [3.8, 4) is 0 Å². The van der Waals surface area contributed by atoms with Crippen molar-refractivity contribution < 1.29 is 0 Å². The van der Waals surface area contributed by atoms with Crippen molar-refractivity contribution in [1.29, 1.82) is 0 Å². The maximum absolute atomic E-state index is 3.63. The van der Waals surface area contributed by atoms with Gasteiger partial charge >= 0.3 is 0 Å². The van der Waals surface area contributed by atoms with Gasteiger partial charge in [0.2, 0.25) is 0 Å². The monoisotopic (exact) mass is 210 g/mol. The third-order valence-electron chi connectivity index (χ3n) is 1.04. The van der Waals surface area contributed by atoms with Gasteiger partial charge in [-0.05, 0) is 10.5 Å². The van der Waals surface area contributed by atoms with E-state index in [1.54, 1.807) is 4.99 Å². The first-order valence-corrected chi connectivity index (χ1v) is 4.15. The summed E-state index contributed by atoms with van der Waals surface area (Å²) in [5.74, 6) is 0. The zero-order valence-electron chi connectivity index (χ0n) is 6.33. The van der Waals surface area contributed by atoms with Crippen LogP contribution >= 0.6 is 15.9 Å². The third-order valence-corrected chi connectivity index (χ3v) is 1.04. The fourth-order valence-corrected chi connectivity index (χ4v) is 0.589. The Hall–Kier alpha value is -0.820. The van der Waals surface area contributed by atoms with E-state index in [1.165, 1.54) is 5.56 Å². The van der Waals surface area contributed by atoms with Crippen molar-refractivity contribution in [2.45, 2.75) is 0 Å². The Morgan fingerprint density at radius 1 is 1.09 bits per heavy atom. The summed E-state index contributed by atoms with van der Waals surface area (Å²) >= 11 is 2.91.